The Morgan fingerprint density at radius 3 is 2.84 bits per heavy atom. The Morgan fingerprint density at radius 1 is 1.37 bits per heavy atom. The first-order valence-corrected chi connectivity index (χ1v) is 7.46. The van der Waals surface area contributed by atoms with Crippen molar-refractivity contribution in [2.24, 2.45) is 5.92 Å². The molecule has 0 aromatic heterocycles. The normalized spacial score (nSPS) is 28.5. The first-order valence-electron chi connectivity index (χ1n) is 7.46. The SMILES string of the molecule is CC1OCCC1CNC(=O)CCOC1CCNCC1. The molecule has 0 aliphatic carbocycles. The molecule has 5 nitrogen and oxygen atoms in total. The van der Waals surface area contributed by atoms with Gasteiger partial charge in [0.25, 0.3) is 0 Å². The van der Waals surface area contributed by atoms with Gasteiger partial charge in [0, 0.05) is 25.5 Å². The second-order valence-electron chi connectivity index (χ2n) is 5.50. The smallest absolute Gasteiger partial charge is 0.222 e. The van der Waals surface area contributed by atoms with Crippen LogP contribution in [0.25, 0.3) is 0 Å². The van der Waals surface area contributed by atoms with Crippen LogP contribution in [0.3, 0.4) is 0 Å². The minimum Gasteiger partial charge on any atom is -0.378 e. The average Bonchev–Trinajstić information content (AvgIpc) is 2.83. The van der Waals surface area contributed by atoms with Crippen molar-refractivity contribution < 1.29 is 14.3 Å². The van der Waals surface area contributed by atoms with Crippen LogP contribution in [-0.2, 0) is 14.3 Å². The number of nitrogens with one attached hydrogen (secondary N) is 2. The quantitative estimate of drug-likeness (QED) is 0.745. The molecule has 5 heteroatoms. The van der Waals surface area contributed by atoms with Crippen molar-refractivity contribution in [1.82, 2.24) is 10.6 Å². The maximum absolute atomic E-state index is 11.7. The summed E-state index contributed by atoms with van der Waals surface area (Å²) in [5.41, 5.74) is 0. The largest absolute Gasteiger partial charge is 0.378 e. The number of carbonyl (C=O) groups excluding carboxylic acids is 1. The number of carbonyl (C=O) groups is 1. The second kappa shape index (κ2) is 7.82. The molecule has 19 heavy (non-hydrogen) atoms. The van der Waals surface area contributed by atoms with Gasteiger partial charge in [-0.15, -0.1) is 0 Å². The first kappa shape index (κ1) is 14.8. The standard InChI is InChI=1S/C14H26N2O3/c1-11-12(4-8-18-11)10-16-14(17)5-9-19-13-2-6-15-7-3-13/h11-13,15H,2-10H2,1H3,(H,16,17). The Balaban J connectivity index is 1.51. The third-order valence-electron chi connectivity index (χ3n) is 4.06. The Hall–Kier alpha value is -0.650. The summed E-state index contributed by atoms with van der Waals surface area (Å²) < 4.78 is 11.2. The van der Waals surface area contributed by atoms with Crippen molar-refractivity contribution in [2.75, 3.05) is 32.8 Å². The summed E-state index contributed by atoms with van der Waals surface area (Å²) in [5.74, 6) is 0.558. The lowest BCUT2D eigenvalue weighted by Crippen LogP contribution is -2.34. The van der Waals surface area contributed by atoms with Crippen LogP contribution in [0, 0.1) is 5.92 Å². The number of hydrogen-bond donors (Lipinski definition) is 2. The molecule has 2 aliphatic heterocycles. The number of ether oxygens (including phenoxy) is 2. The van der Waals surface area contributed by atoms with Gasteiger partial charge in [-0.2, -0.15) is 0 Å². The molecule has 2 saturated heterocycles. The molecule has 0 saturated carbocycles. The molecule has 2 fully saturated rings. The van der Waals surface area contributed by atoms with E-state index < -0.39 is 0 Å². The second-order valence-corrected chi connectivity index (χ2v) is 5.50. The van der Waals surface area contributed by atoms with E-state index in [1.807, 2.05) is 0 Å². The maximum Gasteiger partial charge on any atom is 0.222 e. The Labute approximate surface area is 115 Å². The van der Waals surface area contributed by atoms with E-state index in [9.17, 15) is 4.79 Å². The lowest BCUT2D eigenvalue weighted by Gasteiger charge is -2.22. The van der Waals surface area contributed by atoms with Gasteiger partial charge in [-0.1, -0.05) is 0 Å². The van der Waals surface area contributed by atoms with E-state index in [2.05, 4.69) is 17.6 Å². The Bertz CT molecular complexity index is 280. The molecule has 0 aromatic rings. The summed E-state index contributed by atoms with van der Waals surface area (Å²) in [6.07, 6.45) is 4.22. The molecule has 2 atom stereocenters. The van der Waals surface area contributed by atoms with Gasteiger partial charge >= 0.3 is 0 Å². The van der Waals surface area contributed by atoms with Crippen molar-refractivity contribution in [3.05, 3.63) is 0 Å². The molecule has 0 spiro atoms. The highest BCUT2D eigenvalue weighted by molar-refractivity contribution is 5.75. The summed E-state index contributed by atoms with van der Waals surface area (Å²) >= 11 is 0. The molecule has 2 unspecified atom stereocenters. The lowest BCUT2D eigenvalue weighted by atomic mass is 10.0. The highest BCUT2D eigenvalue weighted by Crippen LogP contribution is 2.19. The molecule has 2 rings (SSSR count). The molecular weight excluding hydrogens is 244 g/mol. The van der Waals surface area contributed by atoms with Crippen LogP contribution in [0.4, 0.5) is 0 Å². The third-order valence-corrected chi connectivity index (χ3v) is 4.06. The molecule has 2 heterocycles. The van der Waals surface area contributed by atoms with Gasteiger partial charge in [-0.05, 0) is 39.3 Å². The van der Waals surface area contributed by atoms with Crippen molar-refractivity contribution in [1.29, 1.82) is 0 Å². The zero-order chi connectivity index (χ0) is 13.5. The summed E-state index contributed by atoms with van der Waals surface area (Å²) in [6.45, 7) is 6.21. The van der Waals surface area contributed by atoms with Crippen LogP contribution in [0.2, 0.25) is 0 Å². The predicted octanol–water partition coefficient (Wildman–Crippen LogP) is 0.686. The molecule has 1 amide bonds. The van der Waals surface area contributed by atoms with E-state index in [1.165, 1.54) is 0 Å². The zero-order valence-corrected chi connectivity index (χ0v) is 11.8. The van der Waals surface area contributed by atoms with Crippen molar-refractivity contribution >= 4 is 5.91 Å². The summed E-state index contributed by atoms with van der Waals surface area (Å²) in [7, 11) is 0. The van der Waals surface area contributed by atoms with Gasteiger partial charge in [0.2, 0.25) is 5.91 Å². The Kier molecular flexibility index (Phi) is 6.07. The summed E-state index contributed by atoms with van der Waals surface area (Å²) in [5, 5.41) is 6.28. The van der Waals surface area contributed by atoms with Gasteiger partial charge in [-0.25, -0.2) is 0 Å². The van der Waals surface area contributed by atoms with E-state index in [0.29, 0.717) is 25.0 Å². The zero-order valence-electron chi connectivity index (χ0n) is 11.8. The van der Waals surface area contributed by atoms with Gasteiger partial charge < -0.3 is 20.1 Å². The Morgan fingerprint density at radius 2 is 2.16 bits per heavy atom. The van der Waals surface area contributed by atoms with E-state index in [1.54, 1.807) is 0 Å². The van der Waals surface area contributed by atoms with Crippen molar-refractivity contribution in [3.63, 3.8) is 0 Å². The molecular formula is C14H26N2O3. The monoisotopic (exact) mass is 270 g/mol. The fraction of sp³-hybridized carbons (Fsp3) is 0.929. The van der Waals surface area contributed by atoms with Crippen molar-refractivity contribution in [2.45, 2.75) is 44.8 Å². The summed E-state index contributed by atoms with van der Waals surface area (Å²) in [4.78, 5) is 11.7. The fourth-order valence-electron chi connectivity index (χ4n) is 2.66. The molecule has 0 aromatic carbocycles. The van der Waals surface area contributed by atoms with Crippen LogP contribution in [0.15, 0.2) is 0 Å². The van der Waals surface area contributed by atoms with Gasteiger partial charge in [-0.3, -0.25) is 4.79 Å². The van der Waals surface area contributed by atoms with Crippen LogP contribution in [0.1, 0.15) is 32.6 Å². The van der Waals surface area contributed by atoms with E-state index >= 15 is 0 Å². The predicted molar refractivity (Wildman–Crippen MR) is 73.0 cm³/mol. The molecule has 110 valence electrons. The molecule has 0 radical (unpaired) electrons. The number of hydrogen-bond acceptors (Lipinski definition) is 4. The first-order chi connectivity index (χ1) is 9.25. The molecule has 2 aliphatic rings. The van der Waals surface area contributed by atoms with Gasteiger partial charge in [0.1, 0.15) is 0 Å². The highest BCUT2D eigenvalue weighted by atomic mass is 16.5. The summed E-state index contributed by atoms with van der Waals surface area (Å²) in [6, 6.07) is 0. The van der Waals surface area contributed by atoms with E-state index in [4.69, 9.17) is 9.47 Å². The average molecular weight is 270 g/mol. The number of rotatable bonds is 6. The van der Waals surface area contributed by atoms with Crippen LogP contribution >= 0.6 is 0 Å². The number of amides is 1. The van der Waals surface area contributed by atoms with Gasteiger partial charge in [0.05, 0.1) is 18.8 Å². The molecule has 0 bridgehead atoms. The minimum absolute atomic E-state index is 0.0908. The minimum atomic E-state index is 0.0908. The number of piperidine rings is 1. The van der Waals surface area contributed by atoms with Crippen LogP contribution < -0.4 is 10.6 Å². The maximum atomic E-state index is 11.7. The van der Waals surface area contributed by atoms with E-state index in [-0.39, 0.29) is 12.0 Å². The third kappa shape index (κ3) is 5.09. The van der Waals surface area contributed by atoms with Crippen LogP contribution in [0.5, 0.6) is 0 Å². The topological polar surface area (TPSA) is 59.6 Å². The van der Waals surface area contributed by atoms with Gasteiger partial charge in [0.15, 0.2) is 0 Å². The highest BCUT2D eigenvalue weighted by Gasteiger charge is 2.24. The van der Waals surface area contributed by atoms with Crippen LogP contribution in [-0.4, -0.2) is 51.0 Å². The molecule has 2 N–H and O–H groups in total. The van der Waals surface area contributed by atoms with Crippen molar-refractivity contribution in [3.8, 4) is 0 Å². The lowest BCUT2D eigenvalue weighted by molar-refractivity contribution is -0.123. The van der Waals surface area contributed by atoms with E-state index in [0.717, 1.165) is 45.5 Å². The fourth-order valence-corrected chi connectivity index (χ4v) is 2.66.